The minimum absolute atomic E-state index is 0. The number of amides is 1. The van der Waals surface area contributed by atoms with Gasteiger partial charge in [-0.1, -0.05) is 0 Å². The summed E-state index contributed by atoms with van der Waals surface area (Å²) >= 11 is 0. The molecule has 5 nitrogen and oxygen atoms in total. The Morgan fingerprint density at radius 3 is 2.32 bits per heavy atom. The molecule has 0 saturated carbocycles. The quantitative estimate of drug-likeness (QED) is 0.446. The second kappa shape index (κ2) is 11.7. The average Bonchev–Trinajstić information content (AvgIpc) is 3.07. The summed E-state index contributed by atoms with van der Waals surface area (Å²) in [6.45, 7) is 7.84. The molecule has 0 spiro atoms. The zero-order valence-corrected chi connectivity index (χ0v) is 16.7. The minimum Gasteiger partial charge on any atom is -0.542 e. The summed E-state index contributed by atoms with van der Waals surface area (Å²) in [7, 11) is 0. The number of ether oxygens (including phenoxy) is 2. The average molecular weight is 431 g/mol. The van der Waals surface area contributed by atoms with Gasteiger partial charge in [-0.25, -0.2) is 15.6 Å². The maximum Gasteiger partial charge on any atom is 1.00 e. The molecule has 0 radical (unpaired) electrons. The fourth-order valence-corrected chi connectivity index (χ4v) is 2.47. The number of hydrogen-bond acceptors (Lipinski definition) is 4. The summed E-state index contributed by atoms with van der Waals surface area (Å²) < 4.78 is 60.6. The number of halogens is 4. The fraction of sp³-hybridized carbons (Fsp3) is 0.238. The molecule has 2 aromatic carbocycles. The molecule has 0 aromatic heterocycles. The van der Waals surface area contributed by atoms with Crippen molar-refractivity contribution in [1.29, 1.82) is 0 Å². The van der Waals surface area contributed by atoms with E-state index in [-0.39, 0.29) is 43.7 Å². The summed E-state index contributed by atoms with van der Waals surface area (Å²) in [6.07, 6.45) is -2.71. The Hall–Kier alpha value is -2.63. The molecule has 31 heavy (non-hydrogen) atoms. The van der Waals surface area contributed by atoms with E-state index >= 15 is 0 Å². The van der Waals surface area contributed by atoms with Crippen LogP contribution >= 0.6 is 0 Å². The molecular weight excluding hydrogens is 413 g/mol. The van der Waals surface area contributed by atoms with E-state index < -0.39 is 23.7 Å². The Morgan fingerprint density at radius 2 is 1.84 bits per heavy atom. The summed E-state index contributed by atoms with van der Waals surface area (Å²) in [5.41, 5.74) is 0.316. The first-order valence-corrected chi connectivity index (χ1v) is 8.71. The minimum atomic E-state index is -4.72. The zero-order chi connectivity index (χ0) is 22.3. The van der Waals surface area contributed by atoms with Crippen LogP contribution in [-0.2, 0) is 22.1 Å². The number of carbonyl (C=O) groups is 1. The Kier molecular flexibility index (Phi) is 9.94. The van der Waals surface area contributed by atoms with Crippen LogP contribution in [0.5, 0.6) is 11.5 Å². The van der Waals surface area contributed by atoms with Crippen LogP contribution in [0.25, 0.3) is 0 Å². The summed E-state index contributed by atoms with van der Waals surface area (Å²) in [4.78, 5) is 20.0. The molecule has 1 saturated heterocycles. The molecule has 1 aliphatic heterocycles. The van der Waals surface area contributed by atoms with Crippen molar-refractivity contribution in [3.05, 3.63) is 72.8 Å². The van der Waals surface area contributed by atoms with Crippen LogP contribution < -0.4 is 28.9 Å². The third kappa shape index (κ3) is 7.85. The van der Waals surface area contributed by atoms with Crippen LogP contribution in [0.4, 0.5) is 22.4 Å². The molecule has 3 rings (SSSR count). The number of alkyl halides is 3. The topological polar surface area (TPSA) is 64.6 Å². The van der Waals surface area contributed by atoms with Crippen LogP contribution in [0.15, 0.2) is 36.4 Å². The van der Waals surface area contributed by atoms with E-state index in [0.717, 1.165) is 11.6 Å². The van der Waals surface area contributed by atoms with Crippen LogP contribution in [-0.4, -0.2) is 25.0 Å². The molecule has 1 amide bonds. The van der Waals surface area contributed by atoms with Gasteiger partial charge in [-0.05, 0) is 18.2 Å². The molecule has 0 aliphatic carbocycles. The van der Waals surface area contributed by atoms with Crippen LogP contribution in [0.3, 0.4) is 0 Å². The molecule has 1 heterocycles. The van der Waals surface area contributed by atoms with Gasteiger partial charge in [-0.2, -0.15) is 31.2 Å². The second-order valence-electron chi connectivity index (χ2n) is 6.21. The van der Waals surface area contributed by atoms with E-state index in [0.29, 0.717) is 29.9 Å². The van der Waals surface area contributed by atoms with Crippen LogP contribution in [0.1, 0.15) is 23.1 Å². The molecule has 0 bridgehead atoms. The smallest absolute Gasteiger partial charge is 0.542 e. The molecule has 162 valence electrons. The van der Waals surface area contributed by atoms with Crippen molar-refractivity contribution in [1.82, 2.24) is 5.32 Å². The molecule has 10 heteroatoms. The van der Waals surface area contributed by atoms with Crippen molar-refractivity contribution < 1.29 is 55.5 Å². The summed E-state index contributed by atoms with van der Waals surface area (Å²) in [5, 5.41) is 2.43. The maximum atomic E-state index is 13.4. The third-order valence-electron chi connectivity index (χ3n) is 4.00. The van der Waals surface area contributed by atoms with Crippen molar-refractivity contribution in [3.8, 4) is 11.5 Å². The van der Waals surface area contributed by atoms with E-state index in [1.807, 2.05) is 0 Å². The van der Waals surface area contributed by atoms with Gasteiger partial charge in [0.15, 0.2) is 0 Å². The van der Waals surface area contributed by atoms with E-state index in [1.165, 1.54) is 0 Å². The first-order chi connectivity index (χ1) is 14.1. The molecule has 1 N–H and O–H groups in total. The van der Waals surface area contributed by atoms with Crippen molar-refractivity contribution in [2.24, 2.45) is 0 Å². The van der Waals surface area contributed by atoms with Crippen molar-refractivity contribution in [3.63, 3.8) is 0 Å². The number of nitrogens with one attached hydrogen (secondary N) is 1. The molecular formula is C21H18F4LiNO4-2. The fourth-order valence-electron chi connectivity index (χ4n) is 2.47. The third-order valence-corrected chi connectivity index (χ3v) is 4.00. The van der Waals surface area contributed by atoms with Gasteiger partial charge in [-0.3, -0.25) is 6.29 Å². The molecule has 1 fully saturated rings. The number of cyclic esters (lactones) is 1. The van der Waals surface area contributed by atoms with Crippen molar-refractivity contribution in [2.45, 2.75) is 25.1 Å². The Morgan fingerprint density at radius 1 is 1.19 bits per heavy atom. The van der Waals surface area contributed by atoms with Gasteiger partial charge in [0.1, 0.15) is 18.2 Å². The van der Waals surface area contributed by atoms with E-state index in [9.17, 15) is 27.2 Å². The Labute approximate surface area is 189 Å². The number of alkyl carbamates (subject to hydrolysis) is 1. The Bertz CT molecular complexity index is 905. The molecule has 1 atom stereocenters. The van der Waals surface area contributed by atoms with Gasteiger partial charge in [0.25, 0.3) is 0 Å². The molecule has 1 aliphatic rings. The molecule has 2 aromatic rings. The largest absolute Gasteiger partial charge is 1.00 e. The molecule has 0 unspecified atom stereocenters. The van der Waals surface area contributed by atoms with Gasteiger partial charge in [0, 0.05) is 12.1 Å². The predicted molar refractivity (Wildman–Crippen MR) is 100 cm³/mol. The summed E-state index contributed by atoms with van der Waals surface area (Å²) in [5.74, 6) is -1.01. The number of rotatable bonds is 5. The van der Waals surface area contributed by atoms with Crippen LogP contribution in [0, 0.1) is 19.7 Å². The van der Waals surface area contributed by atoms with Gasteiger partial charge in [0.2, 0.25) is 0 Å². The number of carbonyl (C=O) groups excluding carboxylic acids is 2. The number of benzene rings is 2. The van der Waals surface area contributed by atoms with Gasteiger partial charge in [0.05, 0.1) is 11.3 Å². The normalized spacial score (nSPS) is 15.0. The van der Waals surface area contributed by atoms with E-state index in [2.05, 4.69) is 23.9 Å². The first-order valence-electron chi connectivity index (χ1n) is 8.71. The van der Waals surface area contributed by atoms with Gasteiger partial charge in [-0.15, -0.1) is 18.6 Å². The predicted octanol–water partition coefficient (Wildman–Crippen LogP) is 1.79. The van der Waals surface area contributed by atoms with Crippen molar-refractivity contribution >= 4 is 12.4 Å². The number of hydrogen-bond donors (Lipinski definition) is 1. The maximum absolute atomic E-state index is 13.4. The van der Waals surface area contributed by atoms with Gasteiger partial charge < -0.3 is 26.5 Å². The standard InChI is InChI=1S/C16H12F4O.C5H6NO3.Li/c1-3-11-4-5-12(8-10(11)2)21-13-6-7-14(15(17)9-13)16(18,19)20;7-2-1-4-3-9-5(8)6-4;/h4-9H,1-3H2;4H,1,3H2,(H,6,8);/q-2;-1;+1/t;4-;/m.0./s1. The van der Waals surface area contributed by atoms with Gasteiger partial charge >= 0.3 is 31.1 Å². The monoisotopic (exact) mass is 431 g/mol. The second-order valence-corrected chi connectivity index (χ2v) is 6.21. The summed E-state index contributed by atoms with van der Waals surface area (Å²) in [6, 6.07) is 7.28. The Balaban J connectivity index is 0.000000404. The van der Waals surface area contributed by atoms with E-state index in [4.69, 9.17) is 4.74 Å². The zero-order valence-electron chi connectivity index (χ0n) is 16.7. The van der Waals surface area contributed by atoms with E-state index in [1.54, 1.807) is 24.5 Å². The first kappa shape index (κ1) is 26.4. The van der Waals surface area contributed by atoms with Crippen molar-refractivity contribution in [2.75, 3.05) is 6.61 Å². The van der Waals surface area contributed by atoms with Crippen LogP contribution in [0.2, 0.25) is 0 Å². The SMILES string of the molecule is O=[C-]C[C@H]1COC(=O)N1.[CH2-]Cc1ccc(Oc2ccc(C(F)(F)F)c(F)c2)cc1[CH2-].[Li+].